The average Bonchev–Trinajstić information content (AvgIpc) is 3.01. The first-order valence-corrected chi connectivity index (χ1v) is 9.00. The van der Waals surface area contributed by atoms with Crippen molar-refractivity contribution < 1.29 is 9.59 Å². The Labute approximate surface area is 130 Å². The van der Waals surface area contributed by atoms with Crippen molar-refractivity contribution in [2.24, 2.45) is 0 Å². The third-order valence-corrected chi connectivity index (χ3v) is 7.46. The molecule has 0 fully saturated rings. The van der Waals surface area contributed by atoms with E-state index in [2.05, 4.69) is 6.07 Å². The van der Waals surface area contributed by atoms with E-state index in [1.165, 1.54) is 25.8 Å². The average molecular weight is 312 g/mol. The summed E-state index contributed by atoms with van der Waals surface area (Å²) in [7, 11) is 0. The van der Waals surface area contributed by atoms with Crippen molar-refractivity contribution in [2.75, 3.05) is 5.75 Å². The minimum absolute atomic E-state index is 0.173. The van der Waals surface area contributed by atoms with Crippen LogP contribution in [0.15, 0.2) is 29.2 Å². The van der Waals surface area contributed by atoms with Crippen LogP contribution in [0, 0.1) is 0 Å². The number of Topliss-reactive ketones (excluding diaryl/α,β-unsaturated/α-hetero) is 2. The normalized spacial score (nSPS) is 25.5. The number of hydrogen-bond acceptors (Lipinski definition) is 4. The third kappa shape index (κ3) is 1.44. The van der Waals surface area contributed by atoms with Gasteiger partial charge in [0.15, 0.2) is 0 Å². The fourth-order valence-corrected chi connectivity index (χ4v) is 6.85. The standard InChI is InChI=1S/C17H12O2S2/c18-14-10-7-8-3-1-2-4-9(8)12(15(14)19)13-16(10)21-11-5-6-20-17(11)13/h1-4,10,12H,5-7H2. The summed E-state index contributed by atoms with van der Waals surface area (Å²) in [5, 5.41) is 0. The Morgan fingerprint density at radius 2 is 1.95 bits per heavy atom. The van der Waals surface area contributed by atoms with Crippen molar-refractivity contribution in [1.29, 1.82) is 0 Å². The zero-order valence-corrected chi connectivity index (χ0v) is 12.9. The number of rotatable bonds is 0. The number of fused-ring (bicyclic) bond motifs is 2. The largest absolute Gasteiger partial charge is 0.290 e. The van der Waals surface area contributed by atoms with Gasteiger partial charge >= 0.3 is 0 Å². The van der Waals surface area contributed by atoms with Crippen LogP contribution in [0.5, 0.6) is 0 Å². The van der Waals surface area contributed by atoms with Gasteiger partial charge < -0.3 is 0 Å². The highest BCUT2D eigenvalue weighted by atomic mass is 32.2. The Morgan fingerprint density at radius 1 is 1.10 bits per heavy atom. The maximum Gasteiger partial charge on any atom is 0.210 e. The Morgan fingerprint density at radius 3 is 2.86 bits per heavy atom. The molecule has 2 heterocycles. The van der Waals surface area contributed by atoms with Crippen molar-refractivity contribution in [3.05, 3.63) is 50.7 Å². The lowest BCUT2D eigenvalue weighted by Gasteiger charge is -2.23. The van der Waals surface area contributed by atoms with Crippen LogP contribution < -0.4 is 0 Å². The van der Waals surface area contributed by atoms with Crippen LogP contribution >= 0.6 is 23.1 Å². The summed E-state index contributed by atoms with van der Waals surface area (Å²) in [5.74, 6) is 0.172. The highest BCUT2D eigenvalue weighted by Crippen LogP contribution is 2.54. The summed E-state index contributed by atoms with van der Waals surface area (Å²) in [6.45, 7) is 0. The van der Waals surface area contributed by atoms with E-state index in [0.717, 1.165) is 17.7 Å². The fourth-order valence-electron chi connectivity index (χ4n) is 3.86. The Hall–Kier alpha value is -1.39. The van der Waals surface area contributed by atoms with Crippen molar-refractivity contribution >= 4 is 34.7 Å². The molecule has 1 aromatic heterocycles. The molecule has 104 valence electrons. The van der Waals surface area contributed by atoms with Crippen LogP contribution in [0.4, 0.5) is 0 Å². The lowest BCUT2D eigenvalue weighted by molar-refractivity contribution is -0.138. The highest BCUT2D eigenvalue weighted by Gasteiger charge is 2.48. The molecule has 21 heavy (non-hydrogen) atoms. The van der Waals surface area contributed by atoms with Gasteiger partial charge in [0.25, 0.3) is 0 Å². The topological polar surface area (TPSA) is 34.1 Å². The van der Waals surface area contributed by atoms with E-state index in [0.29, 0.717) is 6.42 Å². The molecule has 2 atom stereocenters. The Balaban J connectivity index is 1.88. The van der Waals surface area contributed by atoms with Gasteiger partial charge in [0.2, 0.25) is 11.6 Å². The van der Waals surface area contributed by atoms with Gasteiger partial charge in [-0.3, -0.25) is 9.59 Å². The van der Waals surface area contributed by atoms with Gasteiger partial charge in [-0.15, -0.1) is 23.1 Å². The minimum atomic E-state index is -0.340. The van der Waals surface area contributed by atoms with E-state index in [1.807, 2.05) is 30.0 Å². The molecule has 3 aliphatic carbocycles. The predicted molar refractivity (Wildman–Crippen MR) is 83.5 cm³/mol. The zero-order valence-electron chi connectivity index (χ0n) is 11.2. The van der Waals surface area contributed by atoms with Gasteiger partial charge in [-0.1, -0.05) is 24.3 Å². The van der Waals surface area contributed by atoms with Gasteiger partial charge in [0.1, 0.15) is 0 Å². The second-order valence-electron chi connectivity index (χ2n) is 5.85. The molecule has 6 rings (SSSR count). The quantitative estimate of drug-likeness (QED) is 0.700. The monoisotopic (exact) mass is 312 g/mol. The van der Waals surface area contributed by atoms with Crippen molar-refractivity contribution in [1.82, 2.24) is 0 Å². The molecule has 2 unspecified atom stereocenters. The Bertz CT molecular complexity index is 818. The smallest absolute Gasteiger partial charge is 0.210 e. The number of benzene rings is 1. The molecule has 1 aromatic carbocycles. The Kier molecular flexibility index (Phi) is 2.37. The van der Waals surface area contributed by atoms with Crippen LogP contribution in [-0.2, 0) is 22.4 Å². The van der Waals surface area contributed by atoms with Gasteiger partial charge in [-0.05, 0) is 29.5 Å². The maximum absolute atomic E-state index is 12.7. The highest BCUT2D eigenvalue weighted by molar-refractivity contribution is 7.99. The fraction of sp³-hybridized carbons (Fsp3) is 0.294. The SMILES string of the molecule is O=C1C(=O)C2c3ccccc3CC1c1sc3c(c12)SCC3. The number of carbonyl (C=O) groups excluding carboxylic acids is 2. The predicted octanol–water partition coefficient (Wildman–Crippen LogP) is 3.32. The van der Waals surface area contributed by atoms with Crippen molar-refractivity contribution in [2.45, 2.75) is 29.6 Å². The first kappa shape index (κ1) is 12.2. The lowest BCUT2D eigenvalue weighted by atomic mass is 9.79. The second kappa shape index (κ2) is 4.08. The molecule has 1 aliphatic heterocycles. The van der Waals surface area contributed by atoms with Gasteiger partial charge in [0.05, 0.1) is 11.8 Å². The molecular formula is C17H12O2S2. The van der Waals surface area contributed by atoms with Crippen LogP contribution in [-0.4, -0.2) is 17.3 Å². The third-order valence-electron chi connectivity index (χ3n) is 4.79. The van der Waals surface area contributed by atoms with Gasteiger partial charge in [-0.2, -0.15) is 0 Å². The number of aryl methyl sites for hydroxylation is 1. The number of ketones is 2. The molecule has 0 radical (unpaired) electrons. The first-order valence-electron chi connectivity index (χ1n) is 7.20. The van der Waals surface area contributed by atoms with Crippen LogP contribution in [0.2, 0.25) is 0 Å². The molecule has 4 aliphatic rings. The summed E-state index contributed by atoms with van der Waals surface area (Å²) in [6.07, 6.45) is 1.77. The second-order valence-corrected chi connectivity index (χ2v) is 8.09. The van der Waals surface area contributed by atoms with Crippen LogP contribution in [0.1, 0.15) is 38.3 Å². The molecule has 0 spiro atoms. The number of hydrogen-bond donors (Lipinski definition) is 0. The summed E-state index contributed by atoms with van der Waals surface area (Å²) < 4.78 is 0. The molecule has 0 N–H and O–H groups in total. The minimum Gasteiger partial charge on any atom is -0.290 e. The van der Waals surface area contributed by atoms with Crippen LogP contribution in [0.3, 0.4) is 0 Å². The molecule has 4 heteroatoms. The van der Waals surface area contributed by atoms with E-state index < -0.39 is 0 Å². The first-order chi connectivity index (χ1) is 10.3. The molecular weight excluding hydrogens is 300 g/mol. The van der Waals surface area contributed by atoms with Gasteiger partial charge in [-0.25, -0.2) is 0 Å². The molecule has 0 saturated heterocycles. The molecule has 0 saturated carbocycles. The molecule has 2 aromatic rings. The summed E-state index contributed by atoms with van der Waals surface area (Å²) >= 11 is 3.65. The summed E-state index contributed by atoms with van der Waals surface area (Å²) in [6, 6.07) is 8.10. The zero-order chi connectivity index (χ0) is 14.1. The number of carbonyl (C=O) groups is 2. The molecule has 2 bridgehead atoms. The van der Waals surface area contributed by atoms with E-state index in [9.17, 15) is 9.59 Å². The maximum atomic E-state index is 12.7. The summed E-state index contributed by atoms with van der Waals surface area (Å²) in [4.78, 5) is 29.1. The van der Waals surface area contributed by atoms with Gasteiger partial charge in [0, 0.05) is 20.4 Å². The number of thiophene rings is 1. The van der Waals surface area contributed by atoms with Crippen molar-refractivity contribution in [3.8, 4) is 0 Å². The molecule has 0 amide bonds. The van der Waals surface area contributed by atoms with E-state index in [4.69, 9.17) is 0 Å². The summed E-state index contributed by atoms with van der Waals surface area (Å²) in [5.41, 5.74) is 3.41. The van der Waals surface area contributed by atoms with E-state index >= 15 is 0 Å². The number of thioether (sulfide) groups is 1. The van der Waals surface area contributed by atoms with E-state index in [-0.39, 0.29) is 23.4 Å². The molecule has 2 nitrogen and oxygen atoms in total. The lowest BCUT2D eigenvalue weighted by Crippen LogP contribution is -2.31. The van der Waals surface area contributed by atoms with Crippen molar-refractivity contribution in [3.63, 3.8) is 0 Å². The van der Waals surface area contributed by atoms with E-state index in [1.54, 1.807) is 11.3 Å². The van der Waals surface area contributed by atoms with Crippen LogP contribution in [0.25, 0.3) is 0 Å².